The second kappa shape index (κ2) is 11.6. The van der Waals surface area contributed by atoms with E-state index in [4.69, 9.17) is 14.4 Å². The molecule has 12 rings (SSSR count). The Hall–Kier alpha value is -7.36. The molecule has 3 heteroatoms. The molecule has 0 radical (unpaired) electrons. The largest absolute Gasteiger partial charge is 0.456 e. The van der Waals surface area contributed by atoms with Gasteiger partial charge in [-0.05, 0) is 101 Å². The highest BCUT2D eigenvalue weighted by Gasteiger charge is 2.18. The Morgan fingerprint density at radius 1 is 0.309 bits per heavy atom. The Kier molecular flexibility index (Phi) is 6.34. The molecule has 0 N–H and O–H groups in total. The number of nitrogens with zero attached hydrogens (tertiary/aromatic N) is 2. The molecule has 10 aromatic carbocycles. The molecule has 0 saturated carbocycles. The van der Waals surface area contributed by atoms with Gasteiger partial charge in [-0.2, -0.15) is 0 Å². The van der Waals surface area contributed by atoms with E-state index < -0.39 is 0 Å². The highest BCUT2D eigenvalue weighted by molar-refractivity contribution is 6.37. The SMILES string of the molecule is c1ccc(-c2nc(-c3cccc(-c4cc5ccccc5o4)c3)cc(-c3cc4ccc5cccc6c7cccc8ccc9cccc(c(c3)c4c56)c9c87)n2)cc1. The standard InChI is InChI=1S/C52H30N2O/c1-2-10-34(11-3-1)52-53-44(35-16-6-17-36(26-35)47-29-37-12-4-5-21-46(37)55-47)30-45(54-52)39-27-38-25-24-33-14-8-19-41-40-18-7-13-31-22-23-32-15-9-20-42(50(32)48(31)40)43(28-39)51(38)49(33)41/h1-30H. The molecule has 2 heterocycles. The van der Waals surface area contributed by atoms with Crippen molar-refractivity contribution in [1.29, 1.82) is 0 Å². The lowest BCUT2D eigenvalue weighted by Crippen LogP contribution is -1.96. The van der Waals surface area contributed by atoms with Crippen LogP contribution in [0.3, 0.4) is 0 Å². The highest BCUT2D eigenvalue weighted by atomic mass is 16.3. The smallest absolute Gasteiger partial charge is 0.160 e. The van der Waals surface area contributed by atoms with Crippen LogP contribution < -0.4 is 0 Å². The lowest BCUT2D eigenvalue weighted by molar-refractivity contribution is 0.631. The Bertz CT molecular complexity index is 3450. The first-order chi connectivity index (χ1) is 27.2. The van der Waals surface area contributed by atoms with Crippen LogP contribution in [-0.4, -0.2) is 9.97 Å². The first kappa shape index (κ1) is 30.1. The molecule has 3 nitrogen and oxygen atoms in total. The Labute approximate surface area is 316 Å². The molecule has 55 heavy (non-hydrogen) atoms. The van der Waals surface area contributed by atoms with E-state index in [-0.39, 0.29) is 0 Å². The maximum absolute atomic E-state index is 6.29. The number of benzene rings is 9. The van der Waals surface area contributed by atoms with Crippen molar-refractivity contribution < 1.29 is 4.42 Å². The normalized spacial score (nSPS) is 12.0. The van der Waals surface area contributed by atoms with Crippen molar-refractivity contribution in [2.24, 2.45) is 0 Å². The van der Waals surface area contributed by atoms with Crippen molar-refractivity contribution in [2.75, 3.05) is 0 Å². The molecule has 0 fully saturated rings. The molecule has 2 aromatic heterocycles. The van der Waals surface area contributed by atoms with Crippen LogP contribution in [-0.2, 0) is 0 Å². The van der Waals surface area contributed by atoms with E-state index in [0.29, 0.717) is 5.82 Å². The van der Waals surface area contributed by atoms with Gasteiger partial charge in [-0.25, -0.2) is 9.97 Å². The van der Waals surface area contributed by atoms with Crippen LogP contribution in [0.4, 0.5) is 0 Å². The summed E-state index contributed by atoms with van der Waals surface area (Å²) in [6, 6.07) is 65.1. The van der Waals surface area contributed by atoms with Crippen LogP contribution >= 0.6 is 0 Å². The van der Waals surface area contributed by atoms with E-state index in [1.54, 1.807) is 0 Å². The van der Waals surface area contributed by atoms with Gasteiger partial charge >= 0.3 is 0 Å². The van der Waals surface area contributed by atoms with Gasteiger partial charge in [0.25, 0.3) is 0 Å². The topological polar surface area (TPSA) is 38.9 Å². The second-order valence-corrected chi connectivity index (χ2v) is 14.5. The van der Waals surface area contributed by atoms with Crippen LogP contribution in [0.1, 0.15) is 0 Å². The monoisotopic (exact) mass is 698 g/mol. The number of hydrogen-bond acceptors (Lipinski definition) is 3. The van der Waals surface area contributed by atoms with E-state index in [1.165, 1.54) is 64.6 Å². The van der Waals surface area contributed by atoms with Crippen LogP contribution in [0.25, 0.3) is 121 Å². The van der Waals surface area contributed by atoms with Crippen molar-refractivity contribution in [3.05, 3.63) is 182 Å². The summed E-state index contributed by atoms with van der Waals surface area (Å²) < 4.78 is 6.29. The van der Waals surface area contributed by atoms with Crippen molar-refractivity contribution in [3.63, 3.8) is 0 Å². The maximum Gasteiger partial charge on any atom is 0.160 e. The Balaban J connectivity index is 1.16. The first-order valence-corrected chi connectivity index (χ1v) is 18.7. The number of aromatic nitrogens is 2. The van der Waals surface area contributed by atoms with Crippen molar-refractivity contribution in [2.45, 2.75) is 0 Å². The molecule has 12 aromatic rings. The number of hydrogen-bond donors (Lipinski definition) is 0. The van der Waals surface area contributed by atoms with Gasteiger partial charge in [-0.15, -0.1) is 0 Å². The van der Waals surface area contributed by atoms with E-state index in [0.717, 1.165) is 50.4 Å². The molecule has 0 spiro atoms. The molecule has 0 atom stereocenters. The van der Waals surface area contributed by atoms with Crippen LogP contribution in [0.15, 0.2) is 186 Å². The van der Waals surface area contributed by atoms with Crippen molar-refractivity contribution in [3.8, 4) is 45.2 Å². The lowest BCUT2D eigenvalue weighted by atomic mass is 9.87. The number of furan rings is 1. The third-order valence-electron chi connectivity index (χ3n) is 11.3. The summed E-state index contributed by atoms with van der Waals surface area (Å²) in [5.41, 5.74) is 6.62. The van der Waals surface area contributed by atoms with Gasteiger partial charge in [-0.1, -0.05) is 146 Å². The summed E-state index contributed by atoms with van der Waals surface area (Å²) in [6.07, 6.45) is 0. The molecule has 0 amide bonds. The maximum atomic E-state index is 6.29. The van der Waals surface area contributed by atoms with Crippen LogP contribution in [0, 0.1) is 0 Å². The van der Waals surface area contributed by atoms with Gasteiger partial charge in [0.05, 0.1) is 11.4 Å². The van der Waals surface area contributed by atoms with E-state index >= 15 is 0 Å². The molecule has 0 aliphatic heterocycles. The van der Waals surface area contributed by atoms with Crippen molar-refractivity contribution in [1.82, 2.24) is 9.97 Å². The minimum atomic E-state index is 0.687. The summed E-state index contributed by atoms with van der Waals surface area (Å²) >= 11 is 0. The average molecular weight is 699 g/mol. The third-order valence-corrected chi connectivity index (χ3v) is 11.3. The molecule has 0 aliphatic carbocycles. The number of para-hydroxylation sites is 1. The van der Waals surface area contributed by atoms with Crippen LogP contribution in [0.5, 0.6) is 0 Å². The number of rotatable bonds is 4. The van der Waals surface area contributed by atoms with E-state index in [1.807, 2.05) is 36.4 Å². The molecule has 0 aliphatic rings. The summed E-state index contributed by atoms with van der Waals surface area (Å²) in [4.78, 5) is 10.5. The fourth-order valence-electron chi connectivity index (χ4n) is 8.85. The van der Waals surface area contributed by atoms with Crippen LogP contribution in [0.2, 0.25) is 0 Å². The predicted molar refractivity (Wildman–Crippen MR) is 230 cm³/mol. The Morgan fingerprint density at radius 3 is 1.53 bits per heavy atom. The molecule has 254 valence electrons. The van der Waals surface area contributed by atoms with Gasteiger partial charge in [-0.3, -0.25) is 0 Å². The average Bonchev–Trinajstić information content (AvgIpc) is 3.70. The molecular formula is C52H30N2O. The highest BCUT2D eigenvalue weighted by Crippen LogP contribution is 2.44. The fourth-order valence-corrected chi connectivity index (χ4v) is 8.85. The molecule has 0 unspecified atom stereocenters. The molecule has 0 saturated heterocycles. The zero-order chi connectivity index (χ0) is 36.0. The minimum absolute atomic E-state index is 0.687. The van der Waals surface area contributed by atoms with Crippen molar-refractivity contribution >= 4 is 75.6 Å². The summed E-state index contributed by atoms with van der Waals surface area (Å²) in [6.45, 7) is 0. The number of fused-ring (bicyclic) bond motifs is 3. The Morgan fingerprint density at radius 2 is 0.836 bits per heavy atom. The first-order valence-electron chi connectivity index (χ1n) is 18.7. The summed E-state index contributed by atoms with van der Waals surface area (Å²) in [5.74, 6) is 1.52. The zero-order valence-electron chi connectivity index (χ0n) is 29.6. The predicted octanol–water partition coefficient (Wildman–Crippen LogP) is 14.2. The second-order valence-electron chi connectivity index (χ2n) is 14.5. The minimum Gasteiger partial charge on any atom is -0.456 e. The van der Waals surface area contributed by atoms with Gasteiger partial charge in [0.1, 0.15) is 11.3 Å². The lowest BCUT2D eigenvalue weighted by Gasteiger charge is -2.17. The molecular weight excluding hydrogens is 669 g/mol. The summed E-state index contributed by atoms with van der Waals surface area (Å²) in [5, 5.41) is 16.1. The summed E-state index contributed by atoms with van der Waals surface area (Å²) in [7, 11) is 0. The van der Waals surface area contributed by atoms with Gasteiger partial charge < -0.3 is 4.42 Å². The van der Waals surface area contributed by atoms with Gasteiger partial charge in [0, 0.05) is 27.6 Å². The van der Waals surface area contributed by atoms with Gasteiger partial charge in [0.15, 0.2) is 5.82 Å². The van der Waals surface area contributed by atoms with E-state index in [2.05, 4.69) is 146 Å². The molecule has 0 bridgehead atoms. The third kappa shape index (κ3) is 4.63. The van der Waals surface area contributed by atoms with E-state index in [9.17, 15) is 0 Å². The van der Waals surface area contributed by atoms with Gasteiger partial charge in [0.2, 0.25) is 0 Å². The quantitative estimate of drug-likeness (QED) is 0.172. The zero-order valence-corrected chi connectivity index (χ0v) is 29.6. The fraction of sp³-hybridized carbons (Fsp3) is 0.